The lowest BCUT2D eigenvalue weighted by Crippen LogP contribution is -2.35. The minimum atomic E-state index is -0.927. The lowest BCUT2D eigenvalue weighted by molar-refractivity contribution is -0.117. The van der Waals surface area contributed by atoms with Crippen molar-refractivity contribution in [3.63, 3.8) is 0 Å². The van der Waals surface area contributed by atoms with E-state index in [1.54, 1.807) is 17.8 Å². The van der Waals surface area contributed by atoms with Crippen LogP contribution in [-0.4, -0.2) is 34.4 Å². The number of nitrogens with zero attached hydrogens (tertiary/aromatic N) is 2. The van der Waals surface area contributed by atoms with E-state index in [-0.39, 0.29) is 18.9 Å². The minimum absolute atomic E-state index is 0.205. The van der Waals surface area contributed by atoms with Crippen LogP contribution in [0, 0.1) is 6.92 Å². The molecule has 1 aromatic heterocycles. The topological polar surface area (TPSA) is 59.0 Å². The van der Waals surface area contributed by atoms with Crippen LogP contribution in [0.1, 0.15) is 12.1 Å². The molecule has 88 valence electrons. The molecule has 0 unspecified atom stereocenters. The van der Waals surface area contributed by atoms with E-state index in [4.69, 9.17) is 0 Å². The van der Waals surface area contributed by atoms with E-state index in [1.807, 2.05) is 6.92 Å². The number of carbonyl (C=O) groups excluding carboxylic acids is 1. The van der Waals surface area contributed by atoms with Gasteiger partial charge in [-0.1, -0.05) is 0 Å². The molecule has 1 saturated heterocycles. The van der Waals surface area contributed by atoms with Crippen LogP contribution >= 0.6 is 0 Å². The fraction of sp³-hybridized carbons (Fsp3) is 0.600. The lowest BCUT2D eigenvalue weighted by atomic mass is 10.2. The van der Waals surface area contributed by atoms with Crippen molar-refractivity contribution in [1.29, 1.82) is 0 Å². The summed E-state index contributed by atoms with van der Waals surface area (Å²) >= 11 is 0. The molecule has 1 aromatic rings. The zero-order valence-corrected chi connectivity index (χ0v) is 9.33. The van der Waals surface area contributed by atoms with Crippen LogP contribution < -0.4 is 10.6 Å². The quantitative estimate of drug-likeness (QED) is 0.766. The summed E-state index contributed by atoms with van der Waals surface area (Å²) in [5.74, 6) is 0.426. The van der Waals surface area contributed by atoms with E-state index in [1.165, 1.54) is 0 Å². The van der Waals surface area contributed by atoms with Gasteiger partial charge in [0.1, 0.15) is 12.0 Å². The van der Waals surface area contributed by atoms with Crippen LogP contribution in [0.4, 0.5) is 10.2 Å². The number of halogens is 1. The van der Waals surface area contributed by atoms with Gasteiger partial charge in [-0.15, -0.1) is 0 Å². The summed E-state index contributed by atoms with van der Waals surface area (Å²) in [6.07, 6.45) is -0.688. The fourth-order valence-electron chi connectivity index (χ4n) is 1.83. The van der Waals surface area contributed by atoms with Crippen LogP contribution in [0.15, 0.2) is 6.07 Å². The average molecular weight is 226 g/mol. The first-order chi connectivity index (χ1) is 7.56. The third kappa shape index (κ3) is 2.21. The molecule has 1 fully saturated rings. The summed E-state index contributed by atoms with van der Waals surface area (Å²) < 4.78 is 14.5. The van der Waals surface area contributed by atoms with Crippen LogP contribution in [-0.2, 0) is 11.8 Å². The lowest BCUT2D eigenvalue weighted by Gasteiger charge is -2.10. The van der Waals surface area contributed by atoms with Crippen molar-refractivity contribution < 1.29 is 9.18 Å². The fourth-order valence-corrected chi connectivity index (χ4v) is 1.83. The Kier molecular flexibility index (Phi) is 2.91. The highest BCUT2D eigenvalue weighted by molar-refractivity contribution is 5.94. The Morgan fingerprint density at radius 3 is 3.00 bits per heavy atom. The summed E-state index contributed by atoms with van der Waals surface area (Å²) in [4.78, 5) is 11.7. The Labute approximate surface area is 93.0 Å². The number of alkyl halides is 1. The molecule has 2 N–H and O–H groups in total. The van der Waals surface area contributed by atoms with Crippen LogP contribution in [0.5, 0.6) is 0 Å². The number of anilines is 1. The van der Waals surface area contributed by atoms with Crippen molar-refractivity contribution in [3.8, 4) is 0 Å². The van der Waals surface area contributed by atoms with E-state index in [0.29, 0.717) is 5.82 Å². The van der Waals surface area contributed by atoms with Crippen molar-refractivity contribution >= 4 is 11.7 Å². The molecule has 0 aliphatic carbocycles. The predicted octanol–water partition coefficient (Wildman–Crippen LogP) is 0.367. The Morgan fingerprint density at radius 1 is 1.75 bits per heavy atom. The molecule has 2 heterocycles. The van der Waals surface area contributed by atoms with Gasteiger partial charge in [-0.3, -0.25) is 9.48 Å². The van der Waals surface area contributed by atoms with Gasteiger partial charge in [-0.05, 0) is 6.92 Å². The molecule has 0 bridgehead atoms. The summed E-state index contributed by atoms with van der Waals surface area (Å²) in [7, 11) is 1.75. The normalized spacial score (nSPS) is 24.7. The Morgan fingerprint density at radius 2 is 2.50 bits per heavy atom. The van der Waals surface area contributed by atoms with Gasteiger partial charge in [0, 0.05) is 26.1 Å². The van der Waals surface area contributed by atoms with Crippen molar-refractivity contribution in [2.45, 2.75) is 25.6 Å². The maximum Gasteiger partial charge on any atom is 0.242 e. The summed E-state index contributed by atoms with van der Waals surface area (Å²) in [5, 5.41) is 9.67. The number of aryl methyl sites for hydroxylation is 2. The molecule has 5 nitrogen and oxygen atoms in total. The van der Waals surface area contributed by atoms with Gasteiger partial charge in [0.15, 0.2) is 0 Å². The van der Waals surface area contributed by atoms with Crippen molar-refractivity contribution in [3.05, 3.63) is 11.8 Å². The zero-order valence-electron chi connectivity index (χ0n) is 9.33. The molecular weight excluding hydrogens is 211 g/mol. The molecule has 0 spiro atoms. The van der Waals surface area contributed by atoms with Gasteiger partial charge in [0.05, 0.1) is 11.7 Å². The largest absolute Gasteiger partial charge is 0.310 e. The van der Waals surface area contributed by atoms with Gasteiger partial charge in [-0.25, -0.2) is 4.39 Å². The summed E-state index contributed by atoms with van der Waals surface area (Å²) in [5.41, 5.74) is 0.834. The third-order valence-corrected chi connectivity index (χ3v) is 2.65. The SMILES string of the molecule is Cc1cc(NC(=O)[C@H]2C[C@H](F)CN2)n(C)n1. The number of rotatable bonds is 2. The van der Waals surface area contributed by atoms with E-state index in [2.05, 4.69) is 15.7 Å². The second-order valence-electron chi connectivity index (χ2n) is 4.08. The Hall–Kier alpha value is -1.43. The van der Waals surface area contributed by atoms with Gasteiger partial charge in [0.25, 0.3) is 0 Å². The summed E-state index contributed by atoms with van der Waals surface area (Å²) in [6, 6.07) is 1.34. The van der Waals surface area contributed by atoms with Crippen molar-refractivity contribution in [2.75, 3.05) is 11.9 Å². The molecule has 0 radical (unpaired) electrons. The molecule has 2 atom stereocenters. The highest BCUT2D eigenvalue weighted by atomic mass is 19.1. The first-order valence-corrected chi connectivity index (χ1v) is 5.25. The molecule has 0 aromatic carbocycles. The minimum Gasteiger partial charge on any atom is -0.310 e. The summed E-state index contributed by atoms with van der Waals surface area (Å²) in [6.45, 7) is 2.10. The standard InChI is InChI=1S/C10H15FN4O/c1-6-3-9(15(2)14-6)13-10(16)8-4-7(11)5-12-8/h3,7-8,12H,4-5H2,1-2H3,(H,13,16)/t7-,8+/m0/s1. The van der Waals surface area contributed by atoms with Gasteiger partial charge < -0.3 is 10.6 Å². The molecule has 1 aliphatic rings. The Balaban J connectivity index is 1.99. The number of hydrogen-bond acceptors (Lipinski definition) is 3. The maximum absolute atomic E-state index is 12.9. The molecular formula is C10H15FN4O. The van der Waals surface area contributed by atoms with E-state index < -0.39 is 12.2 Å². The van der Waals surface area contributed by atoms with E-state index in [0.717, 1.165) is 5.69 Å². The first-order valence-electron chi connectivity index (χ1n) is 5.25. The third-order valence-electron chi connectivity index (χ3n) is 2.65. The zero-order chi connectivity index (χ0) is 11.7. The highest BCUT2D eigenvalue weighted by Gasteiger charge is 2.29. The smallest absolute Gasteiger partial charge is 0.242 e. The van der Waals surface area contributed by atoms with Crippen LogP contribution in [0.2, 0.25) is 0 Å². The maximum atomic E-state index is 12.9. The van der Waals surface area contributed by atoms with Gasteiger partial charge in [0.2, 0.25) is 5.91 Å². The van der Waals surface area contributed by atoms with Gasteiger partial charge >= 0.3 is 0 Å². The molecule has 6 heteroatoms. The Bertz CT molecular complexity index is 404. The first kappa shape index (κ1) is 11.1. The molecule has 1 aliphatic heterocycles. The monoisotopic (exact) mass is 226 g/mol. The van der Waals surface area contributed by atoms with E-state index >= 15 is 0 Å². The number of nitrogens with one attached hydrogen (secondary N) is 2. The number of aromatic nitrogens is 2. The highest BCUT2D eigenvalue weighted by Crippen LogP contribution is 2.13. The molecule has 1 amide bonds. The van der Waals surface area contributed by atoms with Crippen LogP contribution in [0.3, 0.4) is 0 Å². The van der Waals surface area contributed by atoms with E-state index in [9.17, 15) is 9.18 Å². The van der Waals surface area contributed by atoms with Crippen molar-refractivity contribution in [1.82, 2.24) is 15.1 Å². The number of hydrogen-bond donors (Lipinski definition) is 2. The molecule has 0 saturated carbocycles. The molecule has 16 heavy (non-hydrogen) atoms. The number of amides is 1. The number of carbonyl (C=O) groups is 1. The average Bonchev–Trinajstić information content (AvgIpc) is 2.74. The predicted molar refractivity (Wildman–Crippen MR) is 57.9 cm³/mol. The second kappa shape index (κ2) is 4.21. The van der Waals surface area contributed by atoms with Crippen LogP contribution in [0.25, 0.3) is 0 Å². The van der Waals surface area contributed by atoms with Crippen molar-refractivity contribution in [2.24, 2.45) is 7.05 Å². The van der Waals surface area contributed by atoms with Gasteiger partial charge in [-0.2, -0.15) is 5.10 Å². The molecule has 2 rings (SSSR count). The second-order valence-corrected chi connectivity index (χ2v) is 4.08.